The van der Waals surface area contributed by atoms with Crippen LogP contribution in [0.3, 0.4) is 0 Å². The Bertz CT molecular complexity index is 899. The Morgan fingerprint density at radius 3 is 2.63 bits per heavy atom. The van der Waals surface area contributed by atoms with Gasteiger partial charge >= 0.3 is 5.97 Å². The number of carbonyl (C=O) groups is 2. The molecule has 3 N–H and O–H groups in total. The SMILES string of the molecule is CCOC(=O)CSC1=NC(N)=C(C#N)C2(CCCCC2)[C@H]1C(=O)Nc1ccccc1. The lowest BCUT2D eigenvalue weighted by Gasteiger charge is -2.44. The van der Waals surface area contributed by atoms with Gasteiger partial charge in [0.05, 0.1) is 35.0 Å². The molecule has 1 aromatic carbocycles. The molecule has 0 saturated heterocycles. The monoisotopic (exact) mass is 426 g/mol. The molecule has 1 aromatic rings. The van der Waals surface area contributed by atoms with E-state index in [0.717, 1.165) is 19.3 Å². The van der Waals surface area contributed by atoms with E-state index in [1.807, 2.05) is 30.3 Å². The molecule has 1 heterocycles. The Kier molecular flexibility index (Phi) is 7.16. The Balaban J connectivity index is 1.98. The zero-order valence-electron chi connectivity index (χ0n) is 17.0. The number of hydrogen-bond donors (Lipinski definition) is 2. The average Bonchev–Trinajstić information content (AvgIpc) is 2.73. The lowest BCUT2D eigenvalue weighted by Crippen LogP contribution is -2.48. The van der Waals surface area contributed by atoms with Crippen molar-refractivity contribution in [2.24, 2.45) is 22.1 Å². The normalized spacial score (nSPS) is 20.3. The number of benzene rings is 1. The van der Waals surface area contributed by atoms with Gasteiger partial charge in [0, 0.05) is 11.1 Å². The van der Waals surface area contributed by atoms with Gasteiger partial charge in [-0.3, -0.25) is 9.59 Å². The van der Waals surface area contributed by atoms with Crippen LogP contribution in [0.25, 0.3) is 0 Å². The van der Waals surface area contributed by atoms with Crippen molar-refractivity contribution in [3.8, 4) is 6.07 Å². The van der Waals surface area contributed by atoms with Crippen LogP contribution in [0.15, 0.2) is 46.7 Å². The van der Waals surface area contributed by atoms with Crippen LogP contribution in [0.2, 0.25) is 0 Å². The van der Waals surface area contributed by atoms with Gasteiger partial charge < -0.3 is 15.8 Å². The third-order valence-electron chi connectivity index (χ3n) is 5.59. The molecule has 1 spiro atoms. The number of allylic oxidation sites excluding steroid dienone is 1. The summed E-state index contributed by atoms with van der Waals surface area (Å²) in [5.74, 6) is -1.11. The van der Waals surface area contributed by atoms with Crippen LogP contribution in [-0.2, 0) is 14.3 Å². The highest BCUT2D eigenvalue weighted by molar-refractivity contribution is 8.14. The van der Waals surface area contributed by atoms with Crippen molar-refractivity contribution in [2.45, 2.75) is 39.0 Å². The Hall–Kier alpha value is -2.79. The number of anilines is 1. The number of thioether (sulfide) groups is 1. The van der Waals surface area contributed by atoms with E-state index in [9.17, 15) is 14.9 Å². The first-order valence-electron chi connectivity index (χ1n) is 10.1. The molecule has 1 aliphatic carbocycles. The molecule has 1 atom stereocenters. The van der Waals surface area contributed by atoms with Crippen molar-refractivity contribution in [2.75, 3.05) is 17.7 Å². The molecule has 1 amide bonds. The number of ether oxygens (including phenoxy) is 1. The van der Waals surface area contributed by atoms with Crippen molar-refractivity contribution in [1.29, 1.82) is 5.26 Å². The van der Waals surface area contributed by atoms with Crippen LogP contribution in [-0.4, -0.2) is 29.3 Å². The van der Waals surface area contributed by atoms with E-state index in [1.165, 1.54) is 11.8 Å². The number of nitriles is 1. The smallest absolute Gasteiger partial charge is 0.316 e. The number of carbonyl (C=O) groups excluding carboxylic acids is 2. The Morgan fingerprint density at radius 2 is 2.00 bits per heavy atom. The molecular formula is C22H26N4O3S. The first kappa shape index (κ1) is 21.9. The molecule has 30 heavy (non-hydrogen) atoms. The van der Waals surface area contributed by atoms with Crippen LogP contribution >= 0.6 is 11.8 Å². The number of nitrogens with one attached hydrogen (secondary N) is 1. The minimum Gasteiger partial charge on any atom is -0.465 e. The van der Waals surface area contributed by atoms with Crippen LogP contribution < -0.4 is 11.1 Å². The highest BCUT2D eigenvalue weighted by atomic mass is 32.2. The molecule has 0 unspecified atom stereocenters. The van der Waals surface area contributed by atoms with Gasteiger partial charge in [0.15, 0.2) is 0 Å². The summed E-state index contributed by atoms with van der Waals surface area (Å²) < 4.78 is 5.02. The summed E-state index contributed by atoms with van der Waals surface area (Å²) in [5.41, 5.74) is 6.53. The van der Waals surface area contributed by atoms with Crippen LogP contribution in [0.5, 0.6) is 0 Å². The molecule has 1 saturated carbocycles. The fourth-order valence-corrected chi connectivity index (χ4v) is 5.33. The van der Waals surface area contributed by atoms with E-state index in [1.54, 1.807) is 6.92 Å². The van der Waals surface area contributed by atoms with E-state index in [2.05, 4.69) is 16.4 Å². The third kappa shape index (κ3) is 4.51. The van der Waals surface area contributed by atoms with Gasteiger partial charge in [-0.05, 0) is 31.9 Å². The van der Waals surface area contributed by atoms with Gasteiger partial charge in [0.25, 0.3) is 0 Å². The first-order chi connectivity index (χ1) is 14.5. The fourth-order valence-electron chi connectivity index (χ4n) is 4.32. The molecular weight excluding hydrogens is 400 g/mol. The maximum Gasteiger partial charge on any atom is 0.316 e. The van der Waals surface area contributed by atoms with E-state index in [-0.39, 0.29) is 30.1 Å². The number of nitrogens with zero attached hydrogens (tertiary/aromatic N) is 2. The number of nitrogens with two attached hydrogens (primary N) is 1. The molecule has 0 aromatic heterocycles. The first-order valence-corrected chi connectivity index (χ1v) is 11.1. The van der Waals surface area contributed by atoms with Crippen LogP contribution in [0.1, 0.15) is 39.0 Å². The van der Waals surface area contributed by atoms with E-state index >= 15 is 0 Å². The van der Waals surface area contributed by atoms with Crippen LogP contribution in [0, 0.1) is 22.7 Å². The molecule has 8 heteroatoms. The van der Waals surface area contributed by atoms with E-state index in [4.69, 9.17) is 10.5 Å². The lowest BCUT2D eigenvalue weighted by atomic mass is 9.61. The second-order valence-electron chi connectivity index (χ2n) is 7.42. The molecule has 1 fully saturated rings. The third-order valence-corrected chi connectivity index (χ3v) is 6.59. The van der Waals surface area contributed by atoms with Crippen LogP contribution in [0.4, 0.5) is 5.69 Å². The molecule has 158 valence electrons. The summed E-state index contributed by atoms with van der Waals surface area (Å²) in [4.78, 5) is 29.8. The summed E-state index contributed by atoms with van der Waals surface area (Å²) in [7, 11) is 0. The molecule has 0 bridgehead atoms. The highest BCUT2D eigenvalue weighted by Crippen LogP contribution is 2.52. The van der Waals surface area contributed by atoms with Gasteiger partial charge in [0.2, 0.25) is 5.91 Å². The van der Waals surface area contributed by atoms with Crippen molar-refractivity contribution < 1.29 is 14.3 Å². The average molecular weight is 427 g/mol. The summed E-state index contributed by atoms with van der Waals surface area (Å²) in [6, 6.07) is 11.4. The Morgan fingerprint density at radius 1 is 1.30 bits per heavy atom. The number of hydrogen-bond acceptors (Lipinski definition) is 7. The lowest BCUT2D eigenvalue weighted by molar-refractivity contribution is -0.139. The summed E-state index contributed by atoms with van der Waals surface area (Å²) in [5, 5.41) is 13.3. The number of amides is 1. The van der Waals surface area contributed by atoms with Crippen molar-refractivity contribution in [3.05, 3.63) is 41.7 Å². The highest BCUT2D eigenvalue weighted by Gasteiger charge is 2.52. The zero-order valence-corrected chi connectivity index (χ0v) is 17.8. The number of para-hydroxylation sites is 1. The largest absolute Gasteiger partial charge is 0.465 e. The predicted octanol–water partition coefficient (Wildman–Crippen LogP) is 3.59. The van der Waals surface area contributed by atoms with Gasteiger partial charge in [0.1, 0.15) is 5.82 Å². The van der Waals surface area contributed by atoms with Gasteiger partial charge in [-0.1, -0.05) is 49.2 Å². The zero-order chi connectivity index (χ0) is 21.6. The topological polar surface area (TPSA) is 118 Å². The van der Waals surface area contributed by atoms with Crippen molar-refractivity contribution in [1.82, 2.24) is 0 Å². The summed E-state index contributed by atoms with van der Waals surface area (Å²) in [6.07, 6.45) is 4.23. The molecule has 7 nitrogen and oxygen atoms in total. The van der Waals surface area contributed by atoms with E-state index in [0.29, 0.717) is 29.1 Å². The molecule has 1 aliphatic heterocycles. The second kappa shape index (κ2) is 9.81. The van der Waals surface area contributed by atoms with Gasteiger partial charge in [-0.25, -0.2) is 4.99 Å². The molecule has 0 radical (unpaired) electrons. The molecule has 2 aliphatic rings. The predicted molar refractivity (Wildman–Crippen MR) is 117 cm³/mol. The minimum absolute atomic E-state index is 0.0348. The fraction of sp³-hybridized carbons (Fsp3) is 0.455. The van der Waals surface area contributed by atoms with Crippen molar-refractivity contribution in [3.63, 3.8) is 0 Å². The van der Waals surface area contributed by atoms with Gasteiger partial charge in [-0.2, -0.15) is 5.26 Å². The second-order valence-corrected chi connectivity index (χ2v) is 8.42. The standard InChI is InChI=1S/C22H26N4O3S/c1-2-29-17(27)14-30-21-18(20(28)25-15-9-5-3-6-10-15)22(11-7-4-8-12-22)16(13-23)19(24)26-21/h3,5-6,9-10,18H,2,4,7-8,11-12,14,24H2,1H3,(H,25,28)/t18-/m0/s1. The summed E-state index contributed by atoms with van der Waals surface area (Å²) >= 11 is 1.17. The van der Waals surface area contributed by atoms with Crippen molar-refractivity contribution >= 4 is 34.4 Å². The number of esters is 1. The molecule has 3 rings (SSSR count). The van der Waals surface area contributed by atoms with Gasteiger partial charge in [-0.15, -0.1) is 0 Å². The quantitative estimate of drug-likeness (QED) is 0.695. The Labute approximate surface area is 180 Å². The van der Waals surface area contributed by atoms with E-state index < -0.39 is 11.3 Å². The number of rotatable bonds is 5. The maximum absolute atomic E-state index is 13.5. The maximum atomic E-state index is 13.5. The summed E-state index contributed by atoms with van der Waals surface area (Å²) in [6.45, 7) is 2.03. The number of aliphatic imine (C=N–C) groups is 1. The minimum atomic E-state index is -0.700.